The number of azide groups is 1. The molecule has 0 aromatic heterocycles. The van der Waals surface area contributed by atoms with E-state index < -0.39 is 5.91 Å². The Morgan fingerprint density at radius 1 is 1.31 bits per heavy atom. The summed E-state index contributed by atoms with van der Waals surface area (Å²) in [4.78, 5) is 13.2. The minimum atomic E-state index is -0.853. The van der Waals surface area contributed by atoms with Crippen LogP contribution >= 0.6 is 0 Å². The number of rotatable bonds is 1. The lowest BCUT2D eigenvalue weighted by Crippen LogP contribution is -1.92. The Balaban J connectivity index is 3.15. The van der Waals surface area contributed by atoms with Gasteiger partial charge in [0.2, 0.25) is 5.91 Å². The summed E-state index contributed by atoms with van der Waals surface area (Å²) in [6.07, 6.45) is 0. The third kappa shape index (κ3) is 2.11. The van der Waals surface area contributed by atoms with E-state index in [1.54, 1.807) is 0 Å². The van der Waals surface area contributed by atoms with E-state index >= 15 is 0 Å². The zero-order valence-electron chi connectivity index (χ0n) is 6.38. The highest BCUT2D eigenvalue weighted by molar-refractivity contribution is 5.95. The molecule has 2 N–H and O–H groups in total. The fraction of sp³-hybridized carbons (Fsp3) is 0. The van der Waals surface area contributed by atoms with Crippen LogP contribution in [0.4, 0.5) is 0 Å². The maximum atomic E-state index is 10.9. The molecule has 1 aromatic carbocycles. The highest BCUT2D eigenvalue weighted by Crippen LogP contribution is 2.20. The average molecular weight is 179 g/mol. The predicted octanol–water partition coefficient (Wildman–Crippen LogP) is 1.55. The number of hydrogen-bond donors (Lipinski definition) is 2. The molecule has 0 aliphatic rings. The monoisotopic (exact) mass is 179 g/mol. The van der Waals surface area contributed by atoms with Crippen LogP contribution < -0.4 is 0 Å². The first kappa shape index (κ1) is 8.89. The summed E-state index contributed by atoms with van der Waals surface area (Å²) in [6, 6.07) is 3.25. The van der Waals surface area contributed by atoms with E-state index in [1.807, 2.05) is 0 Å². The molecule has 1 amide bonds. The van der Waals surface area contributed by atoms with Crippen LogP contribution in [0.25, 0.3) is 10.4 Å². The minimum Gasteiger partial charge on any atom is -0.508 e. The van der Waals surface area contributed by atoms with Crippen LogP contribution in [0.2, 0.25) is 0 Å². The summed E-state index contributed by atoms with van der Waals surface area (Å²) in [6.45, 7) is 0. The van der Waals surface area contributed by atoms with Crippen molar-refractivity contribution in [2.24, 2.45) is 5.11 Å². The number of phenols is 2. The fourth-order valence-electron chi connectivity index (χ4n) is 0.817. The van der Waals surface area contributed by atoms with E-state index in [9.17, 15) is 4.79 Å². The van der Waals surface area contributed by atoms with Crippen molar-refractivity contribution in [2.75, 3.05) is 0 Å². The van der Waals surface area contributed by atoms with Gasteiger partial charge in [0.25, 0.3) is 0 Å². The van der Waals surface area contributed by atoms with Crippen LogP contribution in [0.15, 0.2) is 23.3 Å². The molecule has 0 spiro atoms. The van der Waals surface area contributed by atoms with Crippen molar-refractivity contribution in [1.29, 1.82) is 0 Å². The Hall–Kier alpha value is -2.20. The summed E-state index contributed by atoms with van der Waals surface area (Å²) in [7, 11) is 0. The van der Waals surface area contributed by atoms with Gasteiger partial charge in [0, 0.05) is 16.5 Å². The van der Waals surface area contributed by atoms with Crippen LogP contribution in [0.1, 0.15) is 10.4 Å². The lowest BCUT2D eigenvalue weighted by molar-refractivity contribution is 0.0999. The quantitative estimate of drug-likeness (QED) is 0.388. The van der Waals surface area contributed by atoms with E-state index in [0.29, 0.717) is 0 Å². The summed E-state index contributed by atoms with van der Waals surface area (Å²) in [5, 5.41) is 20.7. The Morgan fingerprint density at radius 3 is 2.31 bits per heavy atom. The van der Waals surface area contributed by atoms with Gasteiger partial charge in [0.15, 0.2) is 0 Å². The van der Waals surface area contributed by atoms with E-state index in [1.165, 1.54) is 0 Å². The summed E-state index contributed by atoms with van der Waals surface area (Å²) in [5.74, 6) is -1.39. The number of phenolic OH excluding ortho intramolecular Hbond substituents is 2. The van der Waals surface area contributed by atoms with Crippen molar-refractivity contribution in [2.45, 2.75) is 0 Å². The van der Waals surface area contributed by atoms with Crippen molar-refractivity contribution in [3.63, 3.8) is 0 Å². The van der Waals surface area contributed by atoms with Gasteiger partial charge in [-0.15, -0.1) is 0 Å². The second-order valence-electron chi connectivity index (χ2n) is 2.23. The number of aromatic hydroxyl groups is 2. The SMILES string of the molecule is [N-]=[N+]=NC(=O)c1cc(O)cc(O)c1. The largest absolute Gasteiger partial charge is 0.508 e. The van der Waals surface area contributed by atoms with Gasteiger partial charge in [-0.3, -0.25) is 4.79 Å². The van der Waals surface area contributed by atoms with Crippen LogP contribution in [-0.2, 0) is 0 Å². The van der Waals surface area contributed by atoms with Gasteiger partial charge in [-0.05, 0) is 22.8 Å². The summed E-state index contributed by atoms with van der Waals surface area (Å²) in [5.41, 5.74) is 7.89. The number of amides is 1. The average Bonchev–Trinajstić information content (AvgIpc) is 2.03. The first-order valence-corrected chi connectivity index (χ1v) is 3.26. The van der Waals surface area contributed by atoms with Crippen molar-refractivity contribution < 1.29 is 15.0 Å². The van der Waals surface area contributed by atoms with Crippen LogP contribution in [0, 0.1) is 0 Å². The second kappa shape index (κ2) is 3.46. The van der Waals surface area contributed by atoms with Gasteiger partial charge in [-0.25, -0.2) is 0 Å². The molecule has 6 nitrogen and oxygen atoms in total. The lowest BCUT2D eigenvalue weighted by atomic mass is 10.2. The van der Waals surface area contributed by atoms with Gasteiger partial charge >= 0.3 is 0 Å². The molecule has 0 bridgehead atoms. The third-order valence-electron chi connectivity index (χ3n) is 1.29. The molecule has 6 heteroatoms. The number of carbonyl (C=O) groups excluding carboxylic acids is 1. The molecule has 0 saturated heterocycles. The highest BCUT2D eigenvalue weighted by Gasteiger charge is 2.05. The van der Waals surface area contributed by atoms with Gasteiger partial charge in [-0.2, -0.15) is 0 Å². The van der Waals surface area contributed by atoms with Crippen LogP contribution in [-0.4, -0.2) is 16.1 Å². The normalized spacial score (nSPS) is 8.92. The minimum absolute atomic E-state index is 0.0599. The maximum absolute atomic E-state index is 10.9. The molecule has 0 radical (unpaired) electrons. The van der Waals surface area contributed by atoms with Gasteiger partial charge in [-0.1, -0.05) is 0 Å². The Labute approximate surface area is 72.7 Å². The molecular weight excluding hydrogens is 174 g/mol. The van der Waals surface area contributed by atoms with Crippen LogP contribution in [0.3, 0.4) is 0 Å². The number of nitrogens with zero attached hydrogens (tertiary/aromatic N) is 3. The van der Waals surface area contributed by atoms with Gasteiger partial charge in [0.1, 0.15) is 11.5 Å². The topological polar surface area (TPSA) is 106 Å². The fourth-order valence-corrected chi connectivity index (χ4v) is 0.817. The molecule has 0 aliphatic heterocycles. The molecule has 0 atom stereocenters. The first-order valence-electron chi connectivity index (χ1n) is 3.26. The van der Waals surface area contributed by atoms with Gasteiger partial charge in [0.05, 0.1) is 0 Å². The van der Waals surface area contributed by atoms with Crippen molar-refractivity contribution in [3.05, 3.63) is 34.2 Å². The van der Waals surface area contributed by atoms with E-state index in [-0.39, 0.29) is 17.1 Å². The molecule has 66 valence electrons. The van der Waals surface area contributed by atoms with Gasteiger partial charge < -0.3 is 10.2 Å². The molecule has 0 unspecified atom stereocenters. The first-order chi connectivity index (χ1) is 6.13. The number of carbonyl (C=O) groups is 1. The maximum Gasteiger partial charge on any atom is 0.249 e. The molecule has 0 saturated carbocycles. The van der Waals surface area contributed by atoms with E-state index in [2.05, 4.69) is 10.0 Å². The molecule has 13 heavy (non-hydrogen) atoms. The Bertz CT molecular complexity index is 376. The summed E-state index contributed by atoms with van der Waals surface area (Å²) < 4.78 is 0. The predicted molar refractivity (Wildman–Crippen MR) is 43.2 cm³/mol. The molecule has 1 rings (SSSR count). The number of hydrogen-bond acceptors (Lipinski definition) is 3. The van der Waals surface area contributed by atoms with Crippen molar-refractivity contribution in [1.82, 2.24) is 0 Å². The number of benzene rings is 1. The van der Waals surface area contributed by atoms with E-state index in [0.717, 1.165) is 18.2 Å². The molecule has 0 aliphatic carbocycles. The smallest absolute Gasteiger partial charge is 0.249 e. The van der Waals surface area contributed by atoms with Crippen LogP contribution in [0.5, 0.6) is 11.5 Å². The Morgan fingerprint density at radius 2 is 1.85 bits per heavy atom. The summed E-state index contributed by atoms with van der Waals surface area (Å²) >= 11 is 0. The molecule has 1 aromatic rings. The standard InChI is InChI=1S/C7H5N3O3/c8-10-9-7(13)4-1-5(11)3-6(12)2-4/h1-3,11-12H. The zero-order chi connectivity index (χ0) is 9.84. The van der Waals surface area contributed by atoms with Crippen molar-refractivity contribution >= 4 is 5.91 Å². The molecular formula is C7H5N3O3. The highest BCUT2D eigenvalue weighted by atomic mass is 16.3. The molecule has 0 fully saturated rings. The van der Waals surface area contributed by atoms with E-state index in [4.69, 9.17) is 15.7 Å². The lowest BCUT2D eigenvalue weighted by Gasteiger charge is -1.97. The molecule has 0 heterocycles. The zero-order valence-corrected chi connectivity index (χ0v) is 6.38. The second-order valence-corrected chi connectivity index (χ2v) is 2.23. The third-order valence-corrected chi connectivity index (χ3v) is 1.29. The van der Waals surface area contributed by atoms with Crippen molar-refractivity contribution in [3.8, 4) is 11.5 Å². The Kier molecular flexibility index (Phi) is 2.37.